The van der Waals surface area contributed by atoms with Crippen LogP contribution in [0.4, 0.5) is 5.82 Å². The molecule has 2 N–H and O–H groups in total. The molecule has 64 valence electrons. The smallest absolute Gasteiger partial charge is 0.165 e. The summed E-state index contributed by atoms with van der Waals surface area (Å²) in [7, 11) is 0. The van der Waals surface area contributed by atoms with Crippen LogP contribution in [0.15, 0.2) is 6.07 Å². The van der Waals surface area contributed by atoms with Crippen LogP contribution in [0.1, 0.15) is 11.5 Å². The van der Waals surface area contributed by atoms with E-state index in [1.807, 2.05) is 6.07 Å². The third-order valence-electron chi connectivity index (χ3n) is 1.59. The van der Waals surface area contributed by atoms with Crippen LogP contribution in [-0.4, -0.2) is 19.8 Å². The number of aromatic nitrogens is 4. The van der Waals surface area contributed by atoms with Crippen molar-refractivity contribution in [3.8, 4) is 6.07 Å². The highest BCUT2D eigenvalue weighted by atomic mass is 15.4. The first kappa shape index (κ1) is 7.49. The highest BCUT2D eigenvalue weighted by Crippen LogP contribution is 2.10. The van der Waals surface area contributed by atoms with Gasteiger partial charge in [0.15, 0.2) is 11.5 Å². The van der Waals surface area contributed by atoms with Crippen molar-refractivity contribution in [2.45, 2.75) is 6.92 Å². The number of aryl methyl sites for hydroxylation is 1. The molecule has 0 atom stereocenters. The molecule has 0 bridgehead atoms. The summed E-state index contributed by atoms with van der Waals surface area (Å²) >= 11 is 0. The maximum atomic E-state index is 8.58. The lowest BCUT2D eigenvalue weighted by molar-refractivity contribution is 0.755. The summed E-state index contributed by atoms with van der Waals surface area (Å²) in [5.41, 5.74) is 6.45. The molecule has 6 heteroatoms. The Morgan fingerprint density at radius 2 is 2.31 bits per heavy atom. The number of hydrogen-bond acceptors (Lipinski definition) is 5. The monoisotopic (exact) mass is 174 g/mol. The van der Waals surface area contributed by atoms with Crippen molar-refractivity contribution < 1.29 is 0 Å². The van der Waals surface area contributed by atoms with E-state index >= 15 is 0 Å². The summed E-state index contributed by atoms with van der Waals surface area (Å²) in [5.74, 6) is 0.860. The van der Waals surface area contributed by atoms with Gasteiger partial charge in [-0.25, -0.2) is 4.98 Å². The molecule has 2 aromatic rings. The van der Waals surface area contributed by atoms with Gasteiger partial charge in [0, 0.05) is 6.07 Å². The molecule has 0 aliphatic heterocycles. The van der Waals surface area contributed by atoms with Crippen LogP contribution in [0.3, 0.4) is 0 Å². The topological polar surface area (TPSA) is 92.9 Å². The normalized spacial score (nSPS) is 10.2. The molecule has 0 aromatic carbocycles. The third kappa shape index (κ3) is 1.06. The van der Waals surface area contributed by atoms with Crippen LogP contribution in [0, 0.1) is 18.3 Å². The molecule has 0 fully saturated rings. The predicted molar refractivity (Wildman–Crippen MR) is 44.6 cm³/mol. The van der Waals surface area contributed by atoms with Crippen molar-refractivity contribution in [3.63, 3.8) is 0 Å². The number of nitrogen functional groups attached to an aromatic ring is 1. The Morgan fingerprint density at radius 3 is 3.00 bits per heavy atom. The standard InChI is InChI=1S/C7H6N6/c1-4-10-7(9)6-2-5(3-8)12-13(6)11-4/h2H,1H3,(H2,9,10,11). The number of nitrogens with two attached hydrogens (primary N) is 1. The van der Waals surface area contributed by atoms with Crippen molar-refractivity contribution in [2.75, 3.05) is 5.73 Å². The Kier molecular flexibility index (Phi) is 1.39. The molecule has 6 nitrogen and oxygen atoms in total. The molecule has 13 heavy (non-hydrogen) atoms. The minimum absolute atomic E-state index is 0.284. The summed E-state index contributed by atoms with van der Waals surface area (Å²) in [6, 6.07) is 3.46. The Balaban J connectivity index is 2.84. The number of anilines is 1. The van der Waals surface area contributed by atoms with Crippen LogP contribution in [0.25, 0.3) is 5.52 Å². The maximum absolute atomic E-state index is 8.58. The lowest BCUT2D eigenvalue weighted by Gasteiger charge is -1.96. The van der Waals surface area contributed by atoms with Gasteiger partial charge < -0.3 is 5.73 Å². The molecule has 0 saturated carbocycles. The quantitative estimate of drug-likeness (QED) is 0.601. The molecule has 0 unspecified atom stereocenters. The van der Waals surface area contributed by atoms with E-state index in [9.17, 15) is 0 Å². The second-order valence-corrected chi connectivity index (χ2v) is 2.56. The average Bonchev–Trinajstić information content (AvgIpc) is 2.47. The molecule has 2 rings (SSSR count). The van der Waals surface area contributed by atoms with Crippen molar-refractivity contribution in [1.82, 2.24) is 19.8 Å². The van der Waals surface area contributed by atoms with Crippen LogP contribution >= 0.6 is 0 Å². The first-order valence-corrected chi connectivity index (χ1v) is 3.61. The summed E-state index contributed by atoms with van der Waals surface area (Å²) in [6.07, 6.45) is 0. The summed E-state index contributed by atoms with van der Waals surface area (Å²) < 4.78 is 1.32. The van der Waals surface area contributed by atoms with E-state index in [0.717, 1.165) is 0 Å². The van der Waals surface area contributed by atoms with E-state index in [1.165, 1.54) is 4.63 Å². The van der Waals surface area contributed by atoms with Gasteiger partial charge in [-0.15, -0.1) is 14.8 Å². The van der Waals surface area contributed by atoms with E-state index in [4.69, 9.17) is 11.0 Å². The maximum Gasteiger partial charge on any atom is 0.165 e. The van der Waals surface area contributed by atoms with E-state index in [2.05, 4.69) is 15.2 Å². The summed E-state index contributed by atoms with van der Waals surface area (Å²) in [4.78, 5) is 3.95. The highest BCUT2D eigenvalue weighted by molar-refractivity contribution is 5.65. The molecule has 0 spiro atoms. The van der Waals surface area contributed by atoms with Crippen LogP contribution in [0.2, 0.25) is 0 Å². The fraction of sp³-hybridized carbons (Fsp3) is 0.143. The summed E-state index contributed by atoms with van der Waals surface area (Å²) in [6.45, 7) is 1.71. The number of nitriles is 1. The van der Waals surface area contributed by atoms with E-state index in [1.54, 1.807) is 13.0 Å². The highest BCUT2D eigenvalue weighted by Gasteiger charge is 2.06. The van der Waals surface area contributed by atoms with Gasteiger partial charge in [0.05, 0.1) is 0 Å². The molecule has 2 heterocycles. The lowest BCUT2D eigenvalue weighted by atomic mass is 10.4. The fourth-order valence-corrected chi connectivity index (χ4v) is 1.07. The van der Waals surface area contributed by atoms with Crippen LogP contribution < -0.4 is 5.73 Å². The number of hydrogen-bond donors (Lipinski definition) is 1. The zero-order valence-corrected chi connectivity index (χ0v) is 6.89. The van der Waals surface area contributed by atoms with Gasteiger partial charge in [0.1, 0.15) is 17.4 Å². The molecule has 0 aliphatic carbocycles. The Hall–Kier alpha value is -2.16. The van der Waals surface area contributed by atoms with Crippen LogP contribution in [-0.2, 0) is 0 Å². The first-order valence-electron chi connectivity index (χ1n) is 3.61. The molecule has 2 aromatic heterocycles. The van der Waals surface area contributed by atoms with Crippen LogP contribution in [0.5, 0.6) is 0 Å². The molecular formula is C7H6N6. The fourth-order valence-electron chi connectivity index (χ4n) is 1.07. The third-order valence-corrected chi connectivity index (χ3v) is 1.59. The second-order valence-electron chi connectivity index (χ2n) is 2.56. The van der Waals surface area contributed by atoms with Crippen molar-refractivity contribution >= 4 is 11.3 Å². The Morgan fingerprint density at radius 1 is 1.54 bits per heavy atom. The summed E-state index contributed by atoms with van der Waals surface area (Å²) in [5, 5.41) is 16.4. The van der Waals surface area contributed by atoms with Gasteiger partial charge in [-0.3, -0.25) is 0 Å². The van der Waals surface area contributed by atoms with Gasteiger partial charge in [0.2, 0.25) is 0 Å². The molecule has 0 aliphatic rings. The van der Waals surface area contributed by atoms with E-state index in [-0.39, 0.29) is 5.69 Å². The lowest BCUT2D eigenvalue weighted by Crippen LogP contribution is -2.03. The zero-order valence-electron chi connectivity index (χ0n) is 6.89. The minimum atomic E-state index is 0.284. The largest absolute Gasteiger partial charge is 0.382 e. The van der Waals surface area contributed by atoms with Crippen molar-refractivity contribution in [1.29, 1.82) is 5.26 Å². The molecule has 0 radical (unpaired) electrons. The molecule has 0 saturated heterocycles. The van der Waals surface area contributed by atoms with Gasteiger partial charge >= 0.3 is 0 Å². The number of nitrogens with zero attached hydrogens (tertiary/aromatic N) is 5. The van der Waals surface area contributed by atoms with Gasteiger partial charge in [-0.05, 0) is 6.92 Å². The molecule has 0 amide bonds. The van der Waals surface area contributed by atoms with Crippen molar-refractivity contribution in [2.24, 2.45) is 0 Å². The number of rotatable bonds is 0. The van der Waals surface area contributed by atoms with E-state index < -0.39 is 0 Å². The van der Waals surface area contributed by atoms with E-state index in [0.29, 0.717) is 17.2 Å². The minimum Gasteiger partial charge on any atom is -0.382 e. The Labute approximate surface area is 73.6 Å². The SMILES string of the molecule is Cc1nc(N)c2cc(C#N)nn2n1. The molecular weight excluding hydrogens is 168 g/mol. The van der Waals surface area contributed by atoms with Gasteiger partial charge in [-0.1, -0.05) is 0 Å². The second kappa shape index (κ2) is 2.42. The number of fused-ring (bicyclic) bond motifs is 1. The van der Waals surface area contributed by atoms with Gasteiger partial charge in [0.25, 0.3) is 0 Å². The first-order chi connectivity index (χ1) is 6.20. The Bertz CT molecular complexity index is 505. The average molecular weight is 174 g/mol. The van der Waals surface area contributed by atoms with Gasteiger partial charge in [-0.2, -0.15) is 5.26 Å². The van der Waals surface area contributed by atoms with Crippen molar-refractivity contribution in [3.05, 3.63) is 17.6 Å². The predicted octanol–water partition coefficient (Wildman–Crippen LogP) is -0.113. The zero-order chi connectivity index (χ0) is 9.42.